The van der Waals surface area contributed by atoms with Gasteiger partial charge in [0.2, 0.25) is 0 Å². The molecule has 1 fully saturated rings. The zero-order chi connectivity index (χ0) is 26.5. The molecule has 38 heavy (non-hydrogen) atoms. The molecule has 1 saturated heterocycles. The van der Waals surface area contributed by atoms with Crippen molar-refractivity contribution in [2.45, 2.75) is 71.1 Å². The molecule has 202 valence electrons. The lowest BCUT2D eigenvalue weighted by atomic mass is 9.97. The van der Waals surface area contributed by atoms with Crippen molar-refractivity contribution in [1.82, 2.24) is 14.9 Å². The van der Waals surface area contributed by atoms with Crippen LogP contribution in [-0.2, 0) is 17.9 Å². The van der Waals surface area contributed by atoms with E-state index < -0.39 is 0 Å². The Morgan fingerprint density at radius 2 is 2.05 bits per heavy atom. The van der Waals surface area contributed by atoms with Crippen LogP contribution in [0.25, 0.3) is 11.4 Å². The van der Waals surface area contributed by atoms with E-state index in [1.165, 1.54) is 29.8 Å². The molecule has 5 rings (SSSR count). The minimum Gasteiger partial charge on any atom is -0.486 e. The number of nitrogens with zero attached hydrogens (tertiary/aromatic N) is 2. The molecule has 3 heterocycles. The minimum absolute atomic E-state index is 0.0634. The van der Waals surface area contributed by atoms with Gasteiger partial charge in [-0.05, 0) is 76.1 Å². The molecule has 1 amide bonds. The number of thiazole rings is 1. The number of carbonyl (C=O) groups is 1. The van der Waals surface area contributed by atoms with Gasteiger partial charge in [0.1, 0.15) is 17.4 Å². The van der Waals surface area contributed by atoms with E-state index in [-0.39, 0.29) is 12.0 Å². The molecule has 2 aliphatic rings. The minimum atomic E-state index is -0.0634. The van der Waals surface area contributed by atoms with Crippen molar-refractivity contribution in [3.05, 3.63) is 67.6 Å². The molecule has 0 bridgehead atoms. The zero-order valence-electron chi connectivity index (χ0n) is 21.6. The molecule has 0 saturated carbocycles. The Kier molecular flexibility index (Phi) is 9.10. The smallest absolute Gasteiger partial charge is 0.253 e. The Labute approximate surface area is 238 Å². The van der Waals surface area contributed by atoms with Gasteiger partial charge in [0.15, 0.2) is 0 Å². The number of hydrogen-bond acceptors (Lipinski definition) is 5. The monoisotopic (exact) mass is 573 g/mol. The van der Waals surface area contributed by atoms with Crippen LogP contribution in [0.2, 0.25) is 10.0 Å². The van der Waals surface area contributed by atoms with Crippen LogP contribution in [0.3, 0.4) is 0 Å². The molecule has 6 nitrogen and oxygen atoms in total. The maximum absolute atomic E-state index is 13.2. The quantitative estimate of drug-likeness (QED) is 0.253. The second-order valence-electron chi connectivity index (χ2n) is 9.90. The summed E-state index contributed by atoms with van der Waals surface area (Å²) in [7, 11) is 0. The van der Waals surface area contributed by atoms with Gasteiger partial charge in [0.25, 0.3) is 5.91 Å². The van der Waals surface area contributed by atoms with Crippen LogP contribution < -0.4 is 10.1 Å². The number of allylic oxidation sites excluding steroid dienone is 2. The average molecular weight is 575 g/mol. The summed E-state index contributed by atoms with van der Waals surface area (Å²) in [6.45, 7) is 4.46. The highest BCUT2D eigenvalue weighted by Gasteiger charge is 2.22. The number of hydrogen-bond donors (Lipinski definition) is 1. The predicted molar refractivity (Wildman–Crippen MR) is 154 cm³/mol. The first kappa shape index (κ1) is 27.3. The second kappa shape index (κ2) is 12.7. The van der Waals surface area contributed by atoms with Crippen molar-refractivity contribution in [3.63, 3.8) is 0 Å². The van der Waals surface area contributed by atoms with Crippen LogP contribution in [0.15, 0.2) is 41.3 Å². The van der Waals surface area contributed by atoms with E-state index in [9.17, 15) is 4.79 Å². The van der Waals surface area contributed by atoms with Gasteiger partial charge in [-0.2, -0.15) is 0 Å². The van der Waals surface area contributed by atoms with Crippen LogP contribution in [0.4, 0.5) is 0 Å². The number of carbonyl (C=O) groups excluding carboxylic acids is 1. The van der Waals surface area contributed by atoms with Gasteiger partial charge in [-0.1, -0.05) is 34.9 Å². The van der Waals surface area contributed by atoms with Crippen LogP contribution in [0, 0.1) is 6.92 Å². The van der Waals surface area contributed by atoms with Crippen LogP contribution in [-0.4, -0.2) is 34.7 Å². The number of ether oxygens (including phenoxy) is 2. The maximum atomic E-state index is 13.2. The largest absolute Gasteiger partial charge is 0.486 e. The van der Waals surface area contributed by atoms with Gasteiger partial charge in [-0.3, -0.25) is 4.79 Å². The van der Waals surface area contributed by atoms with Gasteiger partial charge in [-0.15, -0.1) is 11.3 Å². The maximum Gasteiger partial charge on any atom is 0.253 e. The predicted octanol–water partition coefficient (Wildman–Crippen LogP) is 7.61. The van der Waals surface area contributed by atoms with Gasteiger partial charge in [0, 0.05) is 40.8 Å². The molecule has 3 aromatic rings. The Morgan fingerprint density at radius 1 is 1.21 bits per heavy atom. The van der Waals surface area contributed by atoms with Gasteiger partial charge >= 0.3 is 0 Å². The fraction of sp³-hybridized carbons (Fsp3) is 0.448. The van der Waals surface area contributed by atoms with Crippen molar-refractivity contribution in [2.75, 3.05) is 13.2 Å². The van der Waals surface area contributed by atoms with Gasteiger partial charge in [0.05, 0.1) is 23.1 Å². The molecule has 1 aromatic carbocycles. The summed E-state index contributed by atoms with van der Waals surface area (Å²) in [4.78, 5) is 18.1. The van der Waals surface area contributed by atoms with E-state index in [4.69, 9.17) is 37.7 Å². The van der Waals surface area contributed by atoms with Crippen molar-refractivity contribution in [1.29, 1.82) is 0 Å². The van der Waals surface area contributed by atoms with E-state index in [1.807, 2.05) is 18.4 Å². The topological polar surface area (TPSA) is 65.4 Å². The lowest BCUT2D eigenvalue weighted by Crippen LogP contribution is -2.32. The summed E-state index contributed by atoms with van der Waals surface area (Å²) >= 11 is 13.7. The summed E-state index contributed by atoms with van der Waals surface area (Å²) < 4.78 is 13.8. The number of benzene rings is 1. The van der Waals surface area contributed by atoms with Crippen LogP contribution >= 0.6 is 34.5 Å². The third-order valence-corrected chi connectivity index (χ3v) is 8.44. The van der Waals surface area contributed by atoms with Gasteiger partial charge in [-0.25, -0.2) is 4.98 Å². The molecule has 1 N–H and O–H groups in total. The molecule has 1 aliphatic heterocycles. The summed E-state index contributed by atoms with van der Waals surface area (Å²) in [5, 5.41) is 7.00. The highest BCUT2D eigenvalue weighted by atomic mass is 35.5. The summed E-state index contributed by atoms with van der Waals surface area (Å²) in [6, 6.07) is 7.12. The summed E-state index contributed by atoms with van der Waals surface area (Å²) in [6.07, 6.45) is 10.4. The first-order valence-electron chi connectivity index (χ1n) is 13.3. The molecule has 9 heteroatoms. The van der Waals surface area contributed by atoms with Crippen LogP contribution in [0.1, 0.15) is 66.0 Å². The third-order valence-electron chi connectivity index (χ3n) is 7.18. The molecular formula is C29H33Cl2N3O3S. The molecular weight excluding hydrogens is 541 g/mol. The molecule has 2 aromatic heterocycles. The van der Waals surface area contributed by atoms with Crippen molar-refractivity contribution in [3.8, 4) is 17.1 Å². The molecule has 0 spiro atoms. The summed E-state index contributed by atoms with van der Waals surface area (Å²) in [5.41, 5.74) is 4.95. The number of halogens is 2. The van der Waals surface area contributed by atoms with E-state index >= 15 is 0 Å². The van der Waals surface area contributed by atoms with Crippen LogP contribution in [0.5, 0.6) is 5.75 Å². The lowest BCUT2D eigenvalue weighted by molar-refractivity contribution is 0.0857. The fourth-order valence-corrected chi connectivity index (χ4v) is 6.33. The SMILES string of the molecule is Cc1c(C(=O)NCC2CCCO2)cc(-c2csc(COc3cc(Cl)cc(Cl)c3)n2)n1CCC1=CCCCC1. The first-order chi connectivity index (χ1) is 18.5. The Morgan fingerprint density at radius 3 is 2.79 bits per heavy atom. The number of amides is 1. The molecule has 1 atom stereocenters. The fourth-order valence-electron chi connectivity index (χ4n) is 5.12. The van der Waals surface area contributed by atoms with Crippen molar-refractivity contribution < 1.29 is 14.3 Å². The van der Waals surface area contributed by atoms with E-state index in [1.54, 1.807) is 18.2 Å². The van der Waals surface area contributed by atoms with Crippen molar-refractivity contribution >= 4 is 40.4 Å². The average Bonchev–Trinajstić information content (AvgIpc) is 3.66. The highest BCUT2D eigenvalue weighted by Crippen LogP contribution is 2.31. The number of rotatable bonds is 10. The molecule has 0 radical (unpaired) electrons. The Balaban J connectivity index is 1.35. The third kappa shape index (κ3) is 6.81. The Hall–Kier alpha value is -2.32. The normalized spacial score (nSPS) is 17.4. The highest BCUT2D eigenvalue weighted by molar-refractivity contribution is 7.09. The summed E-state index contributed by atoms with van der Waals surface area (Å²) in [5.74, 6) is 0.538. The van der Waals surface area contributed by atoms with Crippen molar-refractivity contribution in [2.24, 2.45) is 0 Å². The van der Waals surface area contributed by atoms with E-state index in [0.717, 1.165) is 67.3 Å². The molecule has 1 aliphatic carbocycles. The molecule has 1 unspecified atom stereocenters. The van der Waals surface area contributed by atoms with Gasteiger partial charge < -0.3 is 19.4 Å². The van der Waals surface area contributed by atoms with E-state index in [2.05, 4.69) is 16.0 Å². The number of aromatic nitrogens is 2. The standard InChI is InChI=1S/C29H33Cl2N3O3S/c1-19-25(29(35)32-16-23-8-5-11-36-23)15-27(34(19)10-9-20-6-3-2-4-7-20)26-18-38-28(33-26)17-37-24-13-21(30)12-22(31)14-24/h6,12-15,18,23H,2-5,7-11,16-17H2,1H3,(H,32,35). The lowest BCUT2D eigenvalue weighted by Gasteiger charge is -2.16. The first-order valence-corrected chi connectivity index (χ1v) is 14.9. The Bertz CT molecular complexity index is 1290. The van der Waals surface area contributed by atoms with E-state index in [0.29, 0.717) is 34.5 Å². The zero-order valence-corrected chi connectivity index (χ0v) is 23.9. The number of nitrogens with one attached hydrogen (secondary N) is 1. The second-order valence-corrected chi connectivity index (χ2v) is 11.7.